The van der Waals surface area contributed by atoms with Crippen LogP contribution >= 0.6 is 0 Å². The van der Waals surface area contributed by atoms with Crippen LogP contribution in [0.4, 0.5) is 0 Å². The van der Waals surface area contributed by atoms with Crippen molar-refractivity contribution in [2.24, 2.45) is 0 Å². The van der Waals surface area contributed by atoms with E-state index in [1.54, 1.807) is 0 Å². The fourth-order valence-corrected chi connectivity index (χ4v) is 1.89. The minimum atomic E-state index is -0.943. The second-order valence-electron chi connectivity index (χ2n) is 4.73. The summed E-state index contributed by atoms with van der Waals surface area (Å²) < 4.78 is 10.9. The van der Waals surface area contributed by atoms with Crippen LogP contribution in [-0.4, -0.2) is 55.6 Å². The number of nitrogens with one attached hydrogen (secondary N) is 2. The predicted molar refractivity (Wildman–Crippen MR) is 73.1 cm³/mol. The van der Waals surface area contributed by atoms with Gasteiger partial charge in [-0.2, -0.15) is 0 Å². The first-order valence-electron chi connectivity index (χ1n) is 7.04. The molecule has 0 spiro atoms. The molecule has 1 rings (SSSR count). The Kier molecular flexibility index (Phi) is 8.15. The maximum atomic E-state index is 11.9. The SMILES string of the molecule is CC(=O)NC(COC1CCCCO1)C(=O)NCCO[N+](=O)[O-]. The Bertz CT molecular complexity index is 385. The van der Waals surface area contributed by atoms with Gasteiger partial charge in [-0.1, -0.05) is 0 Å². The molecule has 1 saturated heterocycles. The van der Waals surface area contributed by atoms with E-state index in [2.05, 4.69) is 15.5 Å². The van der Waals surface area contributed by atoms with Crippen molar-refractivity contribution in [3.63, 3.8) is 0 Å². The molecule has 0 radical (unpaired) electrons. The average molecular weight is 319 g/mol. The van der Waals surface area contributed by atoms with Gasteiger partial charge in [-0.3, -0.25) is 9.59 Å². The quantitative estimate of drug-likeness (QED) is 0.328. The molecule has 22 heavy (non-hydrogen) atoms. The molecule has 0 bridgehead atoms. The Morgan fingerprint density at radius 1 is 1.45 bits per heavy atom. The van der Waals surface area contributed by atoms with Crippen LogP contribution in [0.2, 0.25) is 0 Å². The van der Waals surface area contributed by atoms with Gasteiger partial charge in [0.2, 0.25) is 11.8 Å². The Hall–Kier alpha value is -1.94. The van der Waals surface area contributed by atoms with Gasteiger partial charge in [-0.05, 0) is 19.3 Å². The van der Waals surface area contributed by atoms with Gasteiger partial charge in [-0.25, -0.2) is 0 Å². The lowest BCUT2D eigenvalue weighted by Gasteiger charge is -2.25. The van der Waals surface area contributed by atoms with Crippen LogP contribution in [0, 0.1) is 10.1 Å². The summed E-state index contributed by atoms with van der Waals surface area (Å²) in [6, 6.07) is -0.890. The van der Waals surface area contributed by atoms with Gasteiger partial charge in [0.15, 0.2) is 6.29 Å². The molecular weight excluding hydrogens is 298 g/mol. The summed E-state index contributed by atoms with van der Waals surface area (Å²) in [4.78, 5) is 37.1. The predicted octanol–water partition coefficient (Wildman–Crippen LogP) is -0.641. The highest BCUT2D eigenvalue weighted by Gasteiger charge is 2.22. The first-order chi connectivity index (χ1) is 10.5. The van der Waals surface area contributed by atoms with E-state index >= 15 is 0 Å². The smallest absolute Gasteiger partial charge is 0.294 e. The summed E-state index contributed by atoms with van der Waals surface area (Å²) in [6.07, 6.45) is 2.33. The van der Waals surface area contributed by atoms with Crippen LogP contribution < -0.4 is 10.6 Å². The lowest BCUT2D eigenvalue weighted by atomic mass is 10.2. The van der Waals surface area contributed by atoms with Crippen LogP contribution in [0.3, 0.4) is 0 Å². The summed E-state index contributed by atoms with van der Waals surface area (Å²) >= 11 is 0. The van der Waals surface area contributed by atoms with Gasteiger partial charge in [0.25, 0.3) is 5.09 Å². The van der Waals surface area contributed by atoms with Crippen molar-refractivity contribution in [3.05, 3.63) is 10.1 Å². The normalized spacial score (nSPS) is 19.0. The monoisotopic (exact) mass is 319 g/mol. The molecule has 10 nitrogen and oxygen atoms in total. The third kappa shape index (κ3) is 7.74. The van der Waals surface area contributed by atoms with Crippen molar-refractivity contribution in [2.75, 3.05) is 26.4 Å². The van der Waals surface area contributed by atoms with E-state index < -0.39 is 17.0 Å². The first-order valence-corrected chi connectivity index (χ1v) is 7.04. The first kappa shape index (κ1) is 18.1. The molecule has 0 saturated carbocycles. The Labute approximate surface area is 127 Å². The fourth-order valence-electron chi connectivity index (χ4n) is 1.89. The molecule has 0 aromatic carbocycles. The molecule has 2 amide bonds. The largest absolute Gasteiger partial charge is 0.353 e. The van der Waals surface area contributed by atoms with Gasteiger partial charge in [0.1, 0.15) is 12.6 Å². The van der Waals surface area contributed by atoms with Crippen molar-refractivity contribution in [3.8, 4) is 0 Å². The minimum absolute atomic E-state index is 0.0355. The van der Waals surface area contributed by atoms with Gasteiger partial charge >= 0.3 is 0 Å². The zero-order valence-corrected chi connectivity index (χ0v) is 12.4. The van der Waals surface area contributed by atoms with Gasteiger partial charge < -0.3 is 24.9 Å². The van der Waals surface area contributed by atoms with Gasteiger partial charge in [-0.15, -0.1) is 10.1 Å². The molecule has 2 N–H and O–H groups in total. The lowest BCUT2D eigenvalue weighted by molar-refractivity contribution is -0.757. The third-order valence-corrected chi connectivity index (χ3v) is 2.88. The van der Waals surface area contributed by atoms with Crippen LogP contribution in [0.25, 0.3) is 0 Å². The van der Waals surface area contributed by atoms with Crippen molar-refractivity contribution in [1.29, 1.82) is 0 Å². The lowest BCUT2D eigenvalue weighted by Crippen LogP contribution is -2.50. The van der Waals surface area contributed by atoms with E-state index in [0.29, 0.717) is 6.61 Å². The molecule has 1 aliphatic heterocycles. The van der Waals surface area contributed by atoms with Crippen molar-refractivity contribution >= 4 is 11.8 Å². The second-order valence-corrected chi connectivity index (χ2v) is 4.73. The topological polar surface area (TPSA) is 129 Å². The van der Waals surface area contributed by atoms with Crippen LogP contribution in [0.5, 0.6) is 0 Å². The van der Waals surface area contributed by atoms with E-state index in [1.165, 1.54) is 6.92 Å². The zero-order valence-electron chi connectivity index (χ0n) is 12.4. The van der Waals surface area contributed by atoms with Crippen molar-refractivity contribution < 1.29 is 29.0 Å². The summed E-state index contributed by atoms with van der Waals surface area (Å²) in [5.41, 5.74) is 0. The second kappa shape index (κ2) is 9.90. The molecule has 10 heteroatoms. The average Bonchev–Trinajstić information content (AvgIpc) is 2.48. The van der Waals surface area contributed by atoms with E-state index in [-0.39, 0.29) is 32.0 Å². The van der Waals surface area contributed by atoms with Gasteiger partial charge in [0.05, 0.1) is 6.61 Å². The fraction of sp³-hybridized carbons (Fsp3) is 0.833. The molecular formula is C12H21N3O7. The summed E-state index contributed by atoms with van der Waals surface area (Å²) in [5, 5.41) is 13.9. The molecule has 126 valence electrons. The van der Waals surface area contributed by atoms with E-state index in [1.807, 2.05) is 0 Å². The highest BCUT2D eigenvalue weighted by molar-refractivity contribution is 5.86. The molecule has 0 aromatic rings. The summed E-state index contributed by atoms with van der Waals surface area (Å²) in [5.74, 6) is -0.882. The molecule has 0 aromatic heterocycles. The Balaban J connectivity index is 2.35. The maximum Gasteiger partial charge on any atom is 0.294 e. The highest BCUT2D eigenvalue weighted by Crippen LogP contribution is 2.13. The standard InChI is InChI=1S/C12H21N3O7/c1-9(16)14-10(8-21-11-4-2-3-6-20-11)12(17)13-5-7-22-15(18)19/h10-11H,2-8H2,1H3,(H,13,17)(H,14,16). The molecule has 1 aliphatic rings. The number of carbonyl (C=O) groups is 2. The number of carbonyl (C=O) groups excluding carboxylic acids is 2. The third-order valence-electron chi connectivity index (χ3n) is 2.88. The van der Waals surface area contributed by atoms with E-state index in [9.17, 15) is 19.7 Å². The van der Waals surface area contributed by atoms with Crippen molar-refractivity contribution in [2.45, 2.75) is 38.5 Å². The van der Waals surface area contributed by atoms with Gasteiger partial charge in [0, 0.05) is 20.1 Å². The Morgan fingerprint density at radius 2 is 2.23 bits per heavy atom. The molecule has 2 unspecified atom stereocenters. The molecule has 1 fully saturated rings. The number of rotatable bonds is 9. The zero-order chi connectivity index (χ0) is 16.4. The van der Waals surface area contributed by atoms with E-state index in [4.69, 9.17) is 9.47 Å². The summed E-state index contributed by atoms with van der Waals surface area (Å²) in [7, 11) is 0. The number of hydrogen-bond acceptors (Lipinski definition) is 7. The number of nitrogens with zero attached hydrogens (tertiary/aromatic N) is 1. The van der Waals surface area contributed by atoms with E-state index in [0.717, 1.165) is 19.3 Å². The van der Waals surface area contributed by atoms with Crippen LogP contribution in [0.1, 0.15) is 26.2 Å². The maximum absolute atomic E-state index is 11.9. The molecule has 2 atom stereocenters. The van der Waals surface area contributed by atoms with Crippen LogP contribution in [0.15, 0.2) is 0 Å². The van der Waals surface area contributed by atoms with Crippen LogP contribution in [-0.2, 0) is 23.9 Å². The number of ether oxygens (including phenoxy) is 2. The summed E-state index contributed by atoms with van der Waals surface area (Å²) in [6.45, 7) is 1.55. The van der Waals surface area contributed by atoms with Crippen molar-refractivity contribution in [1.82, 2.24) is 10.6 Å². The highest BCUT2D eigenvalue weighted by atomic mass is 16.9. The Morgan fingerprint density at radius 3 is 2.82 bits per heavy atom. The molecule has 0 aliphatic carbocycles. The number of amides is 2. The number of hydrogen-bond donors (Lipinski definition) is 2. The molecule has 1 heterocycles. The minimum Gasteiger partial charge on any atom is -0.353 e.